The molecule has 0 bridgehead atoms. The topological polar surface area (TPSA) is 140 Å². The lowest BCUT2D eigenvalue weighted by Crippen LogP contribution is -2.42. The number of ether oxygens (including phenoxy) is 3. The second kappa shape index (κ2) is 17.3. The van der Waals surface area contributed by atoms with Gasteiger partial charge in [-0.25, -0.2) is 19.2 Å². The highest BCUT2D eigenvalue weighted by Gasteiger charge is 2.31. The van der Waals surface area contributed by atoms with E-state index in [1.54, 1.807) is 0 Å². The maximum atomic E-state index is 12.2. The van der Waals surface area contributed by atoms with Gasteiger partial charge in [0.1, 0.15) is 25.3 Å². The van der Waals surface area contributed by atoms with Crippen molar-refractivity contribution in [3.8, 4) is 22.3 Å². The number of hydrogen-bond donors (Lipinski definition) is 3. The summed E-state index contributed by atoms with van der Waals surface area (Å²) in [4.78, 5) is 47.1. The molecule has 51 heavy (non-hydrogen) atoms. The van der Waals surface area contributed by atoms with E-state index < -0.39 is 36.2 Å². The highest BCUT2D eigenvalue weighted by atomic mass is 16.6. The van der Waals surface area contributed by atoms with E-state index >= 15 is 0 Å². The zero-order chi connectivity index (χ0) is 36.3. The Kier molecular flexibility index (Phi) is 12.5. The average Bonchev–Trinajstić information content (AvgIpc) is 3.65. The molecule has 6 rings (SSSR count). The van der Waals surface area contributed by atoms with Crippen LogP contribution in [0.3, 0.4) is 0 Å². The standard InChI is InChI=1S/C21H23NO4.C20H21NO4/c1-3-8-19(20(23)25-2)22-21(24)26-13-18-16-11-6-4-9-14(16)15-10-5-7-12-17(15)18;1-2-7-18(19(22)23)21-20(24)25-12-17-15-10-5-3-8-13(15)14-9-4-6-11-16(14)17/h4-7,9-12,18-19H,3,8,13H2,1-2H3,(H,22,24);3-6,8-11,17-18H,2,7,12H2,1H3,(H,21,24)(H,22,23)/t19-;18-/m00/s1. The van der Waals surface area contributed by atoms with Crippen LogP contribution in [0.25, 0.3) is 22.3 Å². The zero-order valence-electron chi connectivity index (χ0n) is 29.1. The van der Waals surface area contributed by atoms with Gasteiger partial charge in [0.05, 0.1) is 7.11 Å². The fraction of sp³-hybridized carbons (Fsp3) is 0.317. The second-order valence-corrected chi connectivity index (χ2v) is 12.5. The zero-order valence-corrected chi connectivity index (χ0v) is 29.1. The highest BCUT2D eigenvalue weighted by molar-refractivity contribution is 5.83. The summed E-state index contributed by atoms with van der Waals surface area (Å²) < 4.78 is 15.5. The molecule has 2 aliphatic carbocycles. The van der Waals surface area contributed by atoms with Gasteiger partial charge in [-0.05, 0) is 57.3 Å². The minimum absolute atomic E-state index is 0.00379. The van der Waals surface area contributed by atoms with Gasteiger partial charge in [-0.3, -0.25) is 0 Å². The number of fused-ring (bicyclic) bond motifs is 6. The van der Waals surface area contributed by atoms with Crippen LogP contribution >= 0.6 is 0 Å². The summed E-state index contributed by atoms with van der Waals surface area (Å²) in [5.74, 6) is -1.54. The molecule has 10 nitrogen and oxygen atoms in total. The molecule has 10 heteroatoms. The van der Waals surface area contributed by atoms with Gasteiger partial charge in [-0.15, -0.1) is 0 Å². The first-order valence-corrected chi connectivity index (χ1v) is 17.3. The van der Waals surface area contributed by atoms with Crippen LogP contribution in [0.15, 0.2) is 97.1 Å². The Balaban J connectivity index is 0.000000198. The molecule has 0 spiro atoms. The van der Waals surface area contributed by atoms with Crippen molar-refractivity contribution in [2.24, 2.45) is 0 Å². The predicted octanol–water partition coefficient (Wildman–Crippen LogP) is 7.65. The van der Waals surface area contributed by atoms with Gasteiger partial charge in [0.2, 0.25) is 0 Å². The van der Waals surface area contributed by atoms with Gasteiger partial charge < -0.3 is 30.0 Å². The molecule has 2 atom stereocenters. The molecule has 0 aliphatic heterocycles. The normalized spacial score (nSPS) is 13.5. The summed E-state index contributed by atoms with van der Waals surface area (Å²) in [7, 11) is 1.31. The molecule has 0 fully saturated rings. The summed E-state index contributed by atoms with van der Waals surface area (Å²) in [6.07, 6.45) is 1.01. The number of alkyl carbamates (subject to hydrolysis) is 2. The van der Waals surface area contributed by atoms with Crippen molar-refractivity contribution in [1.29, 1.82) is 0 Å². The fourth-order valence-electron chi connectivity index (χ4n) is 6.79. The van der Waals surface area contributed by atoms with Crippen molar-refractivity contribution in [2.45, 2.75) is 63.5 Å². The molecule has 0 saturated heterocycles. The van der Waals surface area contributed by atoms with Gasteiger partial charge in [0.15, 0.2) is 0 Å². The number of benzene rings is 4. The summed E-state index contributed by atoms with van der Waals surface area (Å²) in [5, 5.41) is 14.2. The molecule has 0 aromatic heterocycles. The van der Waals surface area contributed by atoms with Crippen LogP contribution in [0.1, 0.15) is 73.6 Å². The number of hydrogen-bond acceptors (Lipinski definition) is 7. The largest absolute Gasteiger partial charge is 0.480 e. The lowest BCUT2D eigenvalue weighted by atomic mass is 9.98. The minimum Gasteiger partial charge on any atom is -0.480 e. The number of rotatable bonds is 12. The summed E-state index contributed by atoms with van der Waals surface area (Å²) in [5.41, 5.74) is 9.22. The second-order valence-electron chi connectivity index (χ2n) is 12.5. The van der Waals surface area contributed by atoms with Crippen LogP contribution < -0.4 is 10.6 Å². The maximum absolute atomic E-state index is 12.2. The van der Waals surface area contributed by atoms with Gasteiger partial charge >= 0.3 is 24.1 Å². The molecule has 266 valence electrons. The lowest BCUT2D eigenvalue weighted by Gasteiger charge is -2.18. The van der Waals surface area contributed by atoms with Crippen LogP contribution in [0.2, 0.25) is 0 Å². The van der Waals surface area contributed by atoms with E-state index in [2.05, 4.69) is 47.0 Å². The Morgan fingerprint density at radius 1 is 0.588 bits per heavy atom. The number of aliphatic carboxylic acids is 1. The Bertz CT molecular complexity index is 1770. The van der Waals surface area contributed by atoms with Crippen molar-refractivity contribution >= 4 is 24.1 Å². The minimum atomic E-state index is -1.05. The van der Waals surface area contributed by atoms with E-state index in [1.165, 1.54) is 18.2 Å². The molecule has 4 aromatic rings. The van der Waals surface area contributed by atoms with E-state index in [9.17, 15) is 19.2 Å². The van der Waals surface area contributed by atoms with Gasteiger partial charge in [0.25, 0.3) is 0 Å². The smallest absolute Gasteiger partial charge is 0.407 e. The van der Waals surface area contributed by atoms with Crippen LogP contribution in [-0.2, 0) is 23.8 Å². The molecule has 0 radical (unpaired) electrons. The Morgan fingerprint density at radius 3 is 1.25 bits per heavy atom. The Labute approximate surface area is 298 Å². The number of amides is 2. The summed E-state index contributed by atoms with van der Waals surface area (Å²) in [6, 6.07) is 30.9. The van der Waals surface area contributed by atoms with Crippen molar-refractivity contribution in [3.63, 3.8) is 0 Å². The van der Waals surface area contributed by atoms with Crippen molar-refractivity contribution in [1.82, 2.24) is 10.6 Å². The molecule has 0 saturated carbocycles. The number of carbonyl (C=O) groups excluding carboxylic acids is 3. The van der Waals surface area contributed by atoms with E-state index in [0.717, 1.165) is 39.8 Å². The van der Waals surface area contributed by atoms with Gasteiger partial charge in [-0.1, -0.05) is 124 Å². The quantitative estimate of drug-likeness (QED) is 0.102. The van der Waals surface area contributed by atoms with Crippen LogP contribution in [0, 0.1) is 0 Å². The van der Waals surface area contributed by atoms with Crippen molar-refractivity contribution in [3.05, 3.63) is 119 Å². The van der Waals surface area contributed by atoms with E-state index in [1.807, 2.05) is 74.5 Å². The lowest BCUT2D eigenvalue weighted by molar-refractivity contribution is -0.143. The summed E-state index contributed by atoms with van der Waals surface area (Å²) >= 11 is 0. The van der Waals surface area contributed by atoms with Crippen molar-refractivity contribution < 1.29 is 38.5 Å². The fourth-order valence-corrected chi connectivity index (χ4v) is 6.79. The highest BCUT2D eigenvalue weighted by Crippen LogP contribution is 2.45. The Morgan fingerprint density at radius 2 is 0.922 bits per heavy atom. The number of nitrogens with one attached hydrogen (secondary N) is 2. The molecular formula is C41H44N2O8. The van der Waals surface area contributed by atoms with E-state index in [-0.39, 0.29) is 25.0 Å². The number of carbonyl (C=O) groups is 4. The first kappa shape index (κ1) is 36.6. The monoisotopic (exact) mass is 692 g/mol. The molecule has 2 aliphatic rings. The van der Waals surface area contributed by atoms with Crippen molar-refractivity contribution in [2.75, 3.05) is 20.3 Å². The van der Waals surface area contributed by atoms with Crippen LogP contribution in [0.5, 0.6) is 0 Å². The number of methoxy groups -OCH3 is 1. The van der Waals surface area contributed by atoms with Crippen LogP contribution in [0.4, 0.5) is 9.59 Å². The van der Waals surface area contributed by atoms with Gasteiger partial charge in [-0.2, -0.15) is 0 Å². The third kappa shape index (κ3) is 8.57. The van der Waals surface area contributed by atoms with Crippen LogP contribution in [-0.4, -0.2) is 61.6 Å². The molecule has 3 N–H and O–H groups in total. The molecule has 2 amide bonds. The predicted molar refractivity (Wildman–Crippen MR) is 193 cm³/mol. The number of esters is 1. The van der Waals surface area contributed by atoms with Gasteiger partial charge in [0, 0.05) is 11.8 Å². The SMILES string of the molecule is CCC[C@H](NC(=O)OCC1c2ccccc2-c2ccccc21)C(=O)O.CCC[C@H](NC(=O)OCC1c2ccccc2-c2ccccc21)C(=O)OC. The first-order chi connectivity index (χ1) is 24.8. The number of carboxylic acid groups (broad SMARTS) is 1. The summed E-state index contributed by atoms with van der Waals surface area (Å²) in [6.45, 7) is 4.21. The molecular weight excluding hydrogens is 648 g/mol. The third-order valence-corrected chi connectivity index (χ3v) is 9.21. The molecule has 0 unspecified atom stereocenters. The molecule has 0 heterocycles. The number of carboxylic acids is 1. The maximum Gasteiger partial charge on any atom is 0.407 e. The van der Waals surface area contributed by atoms with E-state index in [4.69, 9.17) is 19.3 Å². The third-order valence-electron chi connectivity index (χ3n) is 9.21. The molecule has 4 aromatic carbocycles. The first-order valence-electron chi connectivity index (χ1n) is 17.3. The van der Waals surface area contributed by atoms with E-state index in [0.29, 0.717) is 19.3 Å². The average molecular weight is 693 g/mol. The Hall–Kier alpha value is -5.64.